The van der Waals surface area contributed by atoms with Gasteiger partial charge in [-0.15, -0.1) is 0 Å². The Bertz CT molecular complexity index is 561. The van der Waals surface area contributed by atoms with Crippen molar-refractivity contribution in [1.29, 1.82) is 0 Å². The summed E-state index contributed by atoms with van der Waals surface area (Å²) in [5, 5.41) is 14.2. The number of nitrogens with zero attached hydrogens (tertiary/aromatic N) is 2. The summed E-state index contributed by atoms with van der Waals surface area (Å²) in [4.78, 5) is 0. The van der Waals surface area contributed by atoms with Gasteiger partial charge in [0, 0.05) is 23.7 Å². The zero-order valence-electron chi connectivity index (χ0n) is 10.1. The Morgan fingerprint density at radius 1 is 1.35 bits per heavy atom. The maximum absolute atomic E-state index is 10.1. The molecule has 0 amide bonds. The molecule has 0 saturated heterocycles. The number of methoxy groups -OCH3 is 1. The van der Waals surface area contributed by atoms with Crippen LogP contribution in [0.3, 0.4) is 0 Å². The first kappa shape index (κ1) is 11.3. The number of benzene rings is 1. The first-order chi connectivity index (χ1) is 8.06. The van der Waals surface area contributed by atoms with Crippen molar-refractivity contribution in [3.8, 4) is 22.6 Å². The van der Waals surface area contributed by atoms with Gasteiger partial charge in [-0.3, -0.25) is 4.68 Å². The molecular formula is C12H15N3O2. The van der Waals surface area contributed by atoms with E-state index in [1.54, 1.807) is 44.1 Å². The van der Waals surface area contributed by atoms with E-state index < -0.39 is 0 Å². The minimum Gasteiger partial charge on any atom is -0.507 e. The Hall–Kier alpha value is -2.17. The molecule has 0 aliphatic heterocycles. The summed E-state index contributed by atoms with van der Waals surface area (Å²) < 4.78 is 6.70. The Morgan fingerprint density at radius 3 is 2.59 bits per heavy atom. The molecule has 0 unspecified atom stereocenters. The van der Waals surface area contributed by atoms with Gasteiger partial charge in [0.05, 0.1) is 13.3 Å². The summed E-state index contributed by atoms with van der Waals surface area (Å²) in [6.45, 7) is 1.80. The lowest BCUT2D eigenvalue weighted by molar-refractivity contribution is 0.403. The van der Waals surface area contributed by atoms with Crippen molar-refractivity contribution >= 4 is 5.82 Å². The smallest absolute Gasteiger partial charge is 0.130 e. The van der Waals surface area contributed by atoms with Gasteiger partial charge in [-0.05, 0) is 19.1 Å². The molecule has 0 aliphatic rings. The van der Waals surface area contributed by atoms with Crippen molar-refractivity contribution in [2.24, 2.45) is 7.05 Å². The highest BCUT2D eigenvalue weighted by Gasteiger charge is 2.15. The lowest BCUT2D eigenvalue weighted by atomic mass is 10.0. The van der Waals surface area contributed by atoms with Crippen LogP contribution in [0, 0.1) is 6.92 Å². The predicted molar refractivity (Wildman–Crippen MR) is 66.0 cm³/mol. The average molecular weight is 233 g/mol. The van der Waals surface area contributed by atoms with E-state index in [1.807, 2.05) is 0 Å². The second kappa shape index (κ2) is 4.01. The average Bonchev–Trinajstić information content (AvgIpc) is 2.64. The second-order valence-electron chi connectivity index (χ2n) is 3.86. The molecule has 0 radical (unpaired) electrons. The zero-order chi connectivity index (χ0) is 12.6. The number of nitrogen functional groups attached to an aromatic ring is 1. The maximum Gasteiger partial charge on any atom is 0.130 e. The topological polar surface area (TPSA) is 73.3 Å². The van der Waals surface area contributed by atoms with E-state index in [0.717, 1.165) is 5.56 Å². The number of aromatic hydroxyl groups is 1. The SMILES string of the molecule is COc1ccc(-c2cnn(C)c2N)c(O)c1C. The molecule has 1 aromatic heterocycles. The lowest BCUT2D eigenvalue weighted by Crippen LogP contribution is -1.98. The molecule has 0 spiro atoms. The molecule has 2 rings (SSSR count). The Balaban J connectivity index is 2.61. The first-order valence-electron chi connectivity index (χ1n) is 5.20. The van der Waals surface area contributed by atoms with E-state index in [2.05, 4.69) is 5.10 Å². The summed E-state index contributed by atoms with van der Waals surface area (Å²) >= 11 is 0. The molecule has 0 bridgehead atoms. The van der Waals surface area contributed by atoms with E-state index >= 15 is 0 Å². The van der Waals surface area contributed by atoms with Crippen LogP contribution < -0.4 is 10.5 Å². The van der Waals surface area contributed by atoms with E-state index in [4.69, 9.17) is 10.5 Å². The van der Waals surface area contributed by atoms with Crippen LogP contribution >= 0.6 is 0 Å². The predicted octanol–water partition coefficient (Wildman–Crippen LogP) is 1.69. The third-order valence-electron chi connectivity index (χ3n) is 2.88. The Kier molecular flexibility index (Phi) is 2.67. The van der Waals surface area contributed by atoms with Crippen LogP contribution in [-0.4, -0.2) is 22.0 Å². The summed E-state index contributed by atoms with van der Waals surface area (Å²) in [6, 6.07) is 3.57. The Morgan fingerprint density at radius 2 is 2.06 bits per heavy atom. The summed E-state index contributed by atoms with van der Waals surface area (Å²) in [5.41, 5.74) is 7.95. The number of hydrogen-bond donors (Lipinski definition) is 2. The number of anilines is 1. The molecule has 0 atom stereocenters. The van der Waals surface area contributed by atoms with E-state index in [1.165, 1.54) is 0 Å². The third-order valence-corrected chi connectivity index (χ3v) is 2.88. The van der Waals surface area contributed by atoms with Crippen LogP contribution in [0.15, 0.2) is 18.3 Å². The number of phenolic OH excluding ortho intramolecular Hbond substituents is 1. The van der Waals surface area contributed by atoms with E-state index in [-0.39, 0.29) is 5.75 Å². The van der Waals surface area contributed by atoms with Crippen molar-refractivity contribution in [3.05, 3.63) is 23.9 Å². The highest BCUT2D eigenvalue weighted by Crippen LogP contribution is 2.38. The number of aromatic nitrogens is 2. The molecule has 5 nitrogen and oxygen atoms in total. The quantitative estimate of drug-likeness (QED) is 0.827. The van der Waals surface area contributed by atoms with Gasteiger partial charge in [0.1, 0.15) is 17.3 Å². The summed E-state index contributed by atoms with van der Waals surface area (Å²) in [5.74, 6) is 1.34. The monoisotopic (exact) mass is 233 g/mol. The van der Waals surface area contributed by atoms with Crippen LogP contribution in [0.1, 0.15) is 5.56 Å². The standard InChI is InChI=1S/C12H15N3O2/c1-7-10(17-3)5-4-8(11(7)16)9-6-14-15(2)12(9)13/h4-6,16H,13H2,1-3H3. The summed E-state index contributed by atoms with van der Waals surface area (Å²) in [6.07, 6.45) is 1.64. The fraction of sp³-hybridized carbons (Fsp3) is 0.250. The molecule has 0 fully saturated rings. The van der Waals surface area contributed by atoms with Gasteiger partial charge in [0.25, 0.3) is 0 Å². The second-order valence-corrected chi connectivity index (χ2v) is 3.86. The molecule has 1 heterocycles. The normalized spacial score (nSPS) is 10.5. The van der Waals surface area contributed by atoms with Gasteiger partial charge in [-0.25, -0.2) is 0 Å². The fourth-order valence-corrected chi connectivity index (χ4v) is 1.77. The maximum atomic E-state index is 10.1. The molecular weight excluding hydrogens is 218 g/mol. The van der Waals surface area contributed by atoms with E-state index in [0.29, 0.717) is 22.7 Å². The fourth-order valence-electron chi connectivity index (χ4n) is 1.77. The van der Waals surface area contributed by atoms with Crippen LogP contribution in [0.4, 0.5) is 5.82 Å². The van der Waals surface area contributed by atoms with E-state index in [9.17, 15) is 5.11 Å². The minimum atomic E-state index is 0.170. The molecule has 3 N–H and O–H groups in total. The number of ether oxygens (including phenoxy) is 1. The van der Waals surface area contributed by atoms with Crippen LogP contribution in [-0.2, 0) is 7.05 Å². The van der Waals surface area contributed by atoms with Gasteiger partial charge in [-0.1, -0.05) is 0 Å². The minimum absolute atomic E-state index is 0.170. The van der Waals surface area contributed by atoms with Crippen molar-refractivity contribution in [1.82, 2.24) is 9.78 Å². The number of hydrogen-bond acceptors (Lipinski definition) is 4. The van der Waals surface area contributed by atoms with Crippen LogP contribution in [0.25, 0.3) is 11.1 Å². The number of phenols is 1. The molecule has 17 heavy (non-hydrogen) atoms. The molecule has 5 heteroatoms. The van der Waals surface area contributed by atoms with Gasteiger partial charge >= 0.3 is 0 Å². The Labute approximate surface area is 99.4 Å². The van der Waals surface area contributed by atoms with Gasteiger partial charge in [0.2, 0.25) is 0 Å². The number of nitrogens with two attached hydrogens (primary N) is 1. The van der Waals surface area contributed by atoms with Gasteiger partial charge in [0.15, 0.2) is 0 Å². The molecule has 2 aromatic rings. The summed E-state index contributed by atoms with van der Waals surface area (Å²) in [7, 11) is 3.33. The highest BCUT2D eigenvalue weighted by molar-refractivity contribution is 5.80. The van der Waals surface area contributed by atoms with Crippen molar-refractivity contribution in [3.63, 3.8) is 0 Å². The first-order valence-corrected chi connectivity index (χ1v) is 5.20. The molecule has 0 saturated carbocycles. The van der Waals surface area contributed by atoms with Gasteiger partial charge < -0.3 is 15.6 Å². The molecule has 0 aliphatic carbocycles. The van der Waals surface area contributed by atoms with Crippen molar-refractivity contribution in [2.45, 2.75) is 6.92 Å². The van der Waals surface area contributed by atoms with Crippen molar-refractivity contribution < 1.29 is 9.84 Å². The zero-order valence-corrected chi connectivity index (χ0v) is 10.1. The molecule has 90 valence electrons. The molecule has 1 aromatic carbocycles. The lowest BCUT2D eigenvalue weighted by Gasteiger charge is -2.10. The van der Waals surface area contributed by atoms with Crippen LogP contribution in [0.2, 0.25) is 0 Å². The third kappa shape index (κ3) is 1.69. The van der Waals surface area contributed by atoms with Gasteiger partial charge in [-0.2, -0.15) is 5.10 Å². The largest absolute Gasteiger partial charge is 0.507 e. The van der Waals surface area contributed by atoms with Crippen LogP contribution in [0.5, 0.6) is 11.5 Å². The van der Waals surface area contributed by atoms with Crippen molar-refractivity contribution in [2.75, 3.05) is 12.8 Å². The number of aryl methyl sites for hydroxylation is 1. The number of rotatable bonds is 2. The highest BCUT2D eigenvalue weighted by atomic mass is 16.5.